The van der Waals surface area contributed by atoms with E-state index in [-0.39, 0.29) is 5.69 Å². The van der Waals surface area contributed by atoms with Crippen molar-refractivity contribution in [3.8, 4) is 0 Å². The first-order valence-corrected chi connectivity index (χ1v) is 5.65. The highest BCUT2D eigenvalue weighted by atomic mass is 19.4. The quantitative estimate of drug-likeness (QED) is 0.388. The minimum atomic E-state index is -5.13. The number of rotatable bonds is 3. The number of benzene rings is 1. The second-order valence-corrected chi connectivity index (χ2v) is 4.12. The molecule has 0 spiro atoms. The van der Waals surface area contributed by atoms with Crippen LogP contribution in [0, 0.1) is 0 Å². The highest BCUT2D eigenvalue weighted by Gasteiger charge is 2.37. The summed E-state index contributed by atoms with van der Waals surface area (Å²) in [6.45, 7) is 0.788. The maximum absolute atomic E-state index is 12.3. The number of carbonyl (C=O) groups is 1. The molecule has 120 valence electrons. The van der Waals surface area contributed by atoms with Crippen LogP contribution in [0.5, 0.6) is 0 Å². The predicted molar refractivity (Wildman–Crippen MR) is 66.0 cm³/mol. The summed E-state index contributed by atoms with van der Waals surface area (Å²) >= 11 is 0. The molecule has 0 saturated heterocycles. The maximum atomic E-state index is 12.3. The number of aliphatic imine (C=N–C) groups is 1. The lowest BCUT2D eigenvalue weighted by Gasteiger charge is -2.08. The number of nitrogens with zero attached hydrogens (tertiary/aromatic N) is 1. The van der Waals surface area contributed by atoms with Gasteiger partial charge in [0.25, 0.3) is 0 Å². The number of aliphatic hydroxyl groups excluding tert-OH is 1. The number of alkyl halides is 6. The van der Waals surface area contributed by atoms with Gasteiger partial charge in [-0.1, -0.05) is 0 Å². The molecule has 0 aromatic heterocycles. The van der Waals surface area contributed by atoms with E-state index in [1.807, 2.05) is 0 Å². The zero-order valence-electron chi connectivity index (χ0n) is 11.0. The molecule has 0 aliphatic carbocycles. The molecule has 1 aromatic rings. The van der Waals surface area contributed by atoms with Crippen molar-refractivity contribution in [3.63, 3.8) is 0 Å². The van der Waals surface area contributed by atoms with Gasteiger partial charge in [-0.05, 0) is 31.2 Å². The summed E-state index contributed by atoms with van der Waals surface area (Å²) in [4.78, 5) is 14.5. The fourth-order valence-electron chi connectivity index (χ4n) is 1.35. The maximum Gasteiger partial charge on any atom is 0.449 e. The molecule has 0 fully saturated rings. The summed E-state index contributed by atoms with van der Waals surface area (Å²) in [5.74, 6) is -3.21. The Kier molecular flexibility index (Phi) is 5.00. The third kappa shape index (κ3) is 4.61. The van der Waals surface area contributed by atoms with Gasteiger partial charge < -0.3 is 5.11 Å². The third-order valence-corrected chi connectivity index (χ3v) is 2.44. The predicted octanol–water partition coefficient (Wildman–Crippen LogP) is 4.37. The monoisotopic (exact) mass is 325 g/mol. The summed E-state index contributed by atoms with van der Waals surface area (Å²) < 4.78 is 74.0. The lowest BCUT2D eigenvalue weighted by molar-refractivity contribution is -0.137. The van der Waals surface area contributed by atoms with Gasteiger partial charge in [-0.2, -0.15) is 26.3 Å². The average Bonchev–Trinajstić information content (AvgIpc) is 2.36. The molecule has 0 unspecified atom stereocenters. The van der Waals surface area contributed by atoms with E-state index < -0.39 is 35.0 Å². The molecule has 3 nitrogen and oxygen atoms in total. The Balaban J connectivity index is 3.11. The molecular weight excluding hydrogens is 316 g/mol. The molecule has 22 heavy (non-hydrogen) atoms. The van der Waals surface area contributed by atoms with Crippen molar-refractivity contribution in [1.29, 1.82) is 0 Å². The smallest absolute Gasteiger partial charge is 0.449 e. The van der Waals surface area contributed by atoms with Crippen molar-refractivity contribution in [2.75, 3.05) is 0 Å². The van der Waals surface area contributed by atoms with Crippen LogP contribution in [-0.2, 0) is 11.0 Å². The number of hydrogen-bond acceptors (Lipinski definition) is 3. The average molecular weight is 325 g/mol. The van der Waals surface area contributed by atoms with Gasteiger partial charge >= 0.3 is 12.4 Å². The number of aliphatic hydroxyl groups is 1. The van der Waals surface area contributed by atoms with Gasteiger partial charge in [-0.15, -0.1) is 0 Å². The van der Waals surface area contributed by atoms with E-state index in [2.05, 4.69) is 4.99 Å². The third-order valence-electron chi connectivity index (χ3n) is 2.44. The van der Waals surface area contributed by atoms with Crippen molar-refractivity contribution in [3.05, 3.63) is 41.2 Å². The molecule has 0 aliphatic heterocycles. The molecule has 1 N–H and O–H groups in total. The van der Waals surface area contributed by atoms with Crippen molar-refractivity contribution in [2.45, 2.75) is 19.3 Å². The zero-order chi connectivity index (χ0) is 17.1. The number of carbonyl (C=O) groups excluding carboxylic acids is 1. The van der Waals surface area contributed by atoms with E-state index in [1.54, 1.807) is 0 Å². The first kappa shape index (κ1) is 17.7. The normalized spacial score (nSPS) is 14.1. The molecular formula is C13H9F6NO2. The Labute approximate surface area is 120 Å². The van der Waals surface area contributed by atoms with Crippen LogP contribution in [0.3, 0.4) is 0 Å². The number of halogens is 6. The van der Waals surface area contributed by atoms with Gasteiger partial charge in [0.1, 0.15) is 0 Å². The topological polar surface area (TPSA) is 49.7 Å². The van der Waals surface area contributed by atoms with E-state index in [9.17, 15) is 31.1 Å². The van der Waals surface area contributed by atoms with Gasteiger partial charge in [0, 0.05) is 6.21 Å². The minimum Gasteiger partial charge on any atom is -0.504 e. The molecule has 0 aliphatic rings. The minimum absolute atomic E-state index is 0.110. The second-order valence-electron chi connectivity index (χ2n) is 4.12. The highest BCUT2D eigenvalue weighted by Crippen LogP contribution is 2.30. The van der Waals surface area contributed by atoms with Crippen LogP contribution in [0.1, 0.15) is 12.5 Å². The van der Waals surface area contributed by atoms with Gasteiger partial charge in [-0.3, -0.25) is 9.79 Å². The summed E-state index contributed by atoms with van der Waals surface area (Å²) in [6, 6.07) is 3.21. The molecule has 0 amide bonds. The first-order valence-electron chi connectivity index (χ1n) is 5.65. The summed E-state index contributed by atoms with van der Waals surface area (Å²) in [5.41, 5.74) is -2.15. The fourth-order valence-corrected chi connectivity index (χ4v) is 1.35. The lowest BCUT2D eigenvalue weighted by Crippen LogP contribution is -2.17. The Hall–Kier alpha value is -2.32. The van der Waals surface area contributed by atoms with E-state index in [1.165, 1.54) is 0 Å². The molecule has 0 heterocycles. The van der Waals surface area contributed by atoms with Crippen molar-refractivity contribution in [1.82, 2.24) is 0 Å². The van der Waals surface area contributed by atoms with E-state index in [0.717, 1.165) is 19.1 Å². The standard InChI is InChI=1S/C13H9F6NO2/c1-7(21)10(11(22)13(17,18)19)6-20-9-4-2-8(3-5-9)12(14,15)16/h2-6,22H,1H3/b11-10+,20-6?. The molecule has 0 radical (unpaired) electrons. The molecule has 0 atom stereocenters. The first-order chi connectivity index (χ1) is 9.93. The Morgan fingerprint density at radius 1 is 1.09 bits per heavy atom. The van der Waals surface area contributed by atoms with Crippen molar-refractivity contribution < 1.29 is 36.2 Å². The van der Waals surface area contributed by atoms with E-state index in [0.29, 0.717) is 18.3 Å². The molecule has 0 saturated carbocycles. The molecule has 9 heteroatoms. The Bertz CT molecular complexity index is 611. The SMILES string of the molecule is CC(=O)/C(C=Nc1ccc(C(F)(F)F)cc1)=C(/O)C(F)(F)F. The van der Waals surface area contributed by atoms with Crippen LogP contribution >= 0.6 is 0 Å². The van der Waals surface area contributed by atoms with E-state index in [4.69, 9.17) is 5.11 Å². The van der Waals surface area contributed by atoms with Crippen LogP contribution in [0.2, 0.25) is 0 Å². The second kappa shape index (κ2) is 6.20. The van der Waals surface area contributed by atoms with Crippen LogP contribution in [0.15, 0.2) is 40.6 Å². The Morgan fingerprint density at radius 2 is 1.59 bits per heavy atom. The lowest BCUT2D eigenvalue weighted by atomic mass is 10.1. The number of hydrogen-bond donors (Lipinski definition) is 1. The summed E-state index contributed by atoms with van der Waals surface area (Å²) in [5, 5.41) is 8.94. The van der Waals surface area contributed by atoms with Crippen molar-refractivity contribution in [2.24, 2.45) is 4.99 Å². The molecule has 1 aromatic carbocycles. The molecule has 1 rings (SSSR count). The van der Waals surface area contributed by atoms with Crippen molar-refractivity contribution >= 4 is 17.7 Å². The van der Waals surface area contributed by atoms with Gasteiger partial charge in [0.15, 0.2) is 5.78 Å². The van der Waals surface area contributed by atoms with Crippen LogP contribution in [0.25, 0.3) is 0 Å². The van der Waals surface area contributed by atoms with Gasteiger partial charge in [-0.25, -0.2) is 0 Å². The zero-order valence-corrected chi connectivity index (χ0v) is 11.0. The summed E-state index contributed by atoms with van der Waals surface area (Å²) in [6.07, 6.45) is -9.23. The number of allylic oxidation sites excluding steroid dienone is 2. The number of Topliss-reactive ketones (excluding diaryl/α,β-unsaturated/α-hetero) is 1. The fraction of sp³-hybridized carbons (Fsp3) is 0.231. The highest BCUT2D eigenvalue weighted by molar-refractivity contribution is 6.13. The van der Waals surface area contributed by atoms with Crippen LogP contribution in [-0.4, -0.2) is 23.3 Å². The van der Waals surface area contributed by atoms with Crippen LogP contribution in [0.4, 0.5) is 32.0 Å². The van der Waals surface area contributed by atoms with Gasteiger partial charge in [0.2, 0.25) is 5.76 Å². The summed E-state index contributed by atoms with van der Waals surface area (Å²) in [7, 11) is 0. The largest absolute Gasteiger partial charge is 0.504 e. The van der Waals surface area contributed by atoms with E-state index >= 15 is 0 Å². The Morgan fingerprint density at radius 3 is 1.95 bits per heavy atom. The number of ketones is 1. The van der Waals surface area contributed by atoms with Gasteiger partial charge in [0.05, 0.1) is 16.8 Å². The van der Waals surface area contributed by atoms with Crippen LogP contribution < -0.4 is 0 Å². The molecule has 0 bridgehead atoms.